The highest BCUT2D eigenvalue weighted by Gasteiger charge is 2.51. The number of nitrogens with zero attached hydrogens (tertiary/aromatic N) is 2. The Morgan fingerprint density at radius 2 is 1.84 bits per heavy atom. The molecule has 174 valence electrons. The molecule has 2 heterocycles. The molecule has 0 saturated carbocycles. The SMILES string of the molecule is C=CC(=O)NC1CN(C(C)C/C=C/C(=O)NC2(C(=O)O)CN(C(C)C)C2)C1C(C)(C)O. The van der Waals surface area contributed by atoms with E-state index < -0.39 is 23.0 Å². The second-order valence-electron chi connectivity index (χ2n) is 9.48. The van der Waals surface area contributed by atoms with Gasteiger partial charge in [0.05, 0.1) is 17.7 Å². The number of carboxylic acid groups (broad SMARTS) is 1. The minimum atomic E-state index is -1.24. The van der Waals surface area contributed by atoms with E-state index in [0.29, 0.717) is 13.0 Å². The van der Waals surface area contributed by atoms with Crippen molar-refractivity contribution in [2.45, 2.75) is 76.3 Å². The quantitative estimate of drug-likeness (QED) is 0.359. The molecule has 0 radical (unpaired) electrons. The smallest absolute Gasteiger partial charge is 0.332 e. The summed E-state index contributed by atoms with van der Waals surface area (Å²) in [6, 6.07) is -0.203. The van der Waals surface area contributed by atoms with Gasteiger partial charge in [-0.1, -0.05) is 12.7 Å². The third-order valence-corrected chi connectivity index (χ3v) is 6.14. The first-order valence-corrected chi connectivity index (χ1v) is 10.7. The number of aliphatic hydroxyl groups is 1. The highest BCUT2D eigenvalue weighted by atomic mass is 16.4. The monoisotopic (exact) mass is 436 g/mol. The van der Waals surface area contributed by atoms with E-state index >= 15 is 0 Å². The molecule has 0 spiro atoms. The first-order chi connectivity index (χ1) is 14.3. The molecular weight excluding hydrogens is 400 g/mol. The van der Waals surface area contributed by atoms with E-state index in [1.54, 1.807) is 19.9 Å². The number of amides is 2. The Balaban J connectivity index is 1.90. The van der Waals surface area contributed by atoms with Gasteiger partial charge < -0.3 is 20.8 Å². The van der Waals surface area contributed by atoms with Crippen molar-refractivity contribution in [1.29, 1.82) is 0 Å². The zero-order valence-corrected chi connectivity index (χ0v) is 19.1. The third kappa shape index (κ3) is 5.72. The molecule has 2 aliphatic rings. The second kappa shape index (κ2) is 9.50. The molecule has 0 bridgehead atoms. The lowest BCUT2D eigenvalue weighted by atomic mass is 9.81. The fourth-order valence-corrected chi connectivity index (χ4v) is 4.32. The highest BCUT2D eigenvalue weighted by Crippen LogP contribution is 2.31. The van der Waals surface area contributed by atoms with Crippen molar-refractivity contribution in [2.75, 3.05) is 19.6 Å². The number of aliphatic carboxylic acids is 1. The van der Waals surface area contributed by atoms with Crippen LogP contribution in [0.4, 0.5) is 0 Å². The molecule has 0 aromatic rings. The Morgan fingerprint density at radius 3 is 2.32 bits per heavy atom. The predicted molar refractivity (Wildman–Crippen MR) is 117 cm³/mol. The average molecular weight is 437 g/mol. The summed E-state index contributed by atoms with van der Waals surface area (Å²) >= 11 is 0. The molecule has 3 atom stereocenters. The molecule has 2 aliphatic heterocycles. The molecule has 9 heteroatoms. The molecule has 0 aliphatic carbocycles. The van der Waals surface area contributed by atoms with Gasteiger partial charge in [-0.2, -0.15) is 0 Å². The number of carboxylic acids is 1. The topological polar surface area (TPSA) is 122 Å². The van der Waals surface area contributed by atoms with E-state index in [-0.39, 0.29) is 43.2 Å². The van der Waals surface area contributed by atoms with Gasteiger partial charge in [0.15, 0.2) is 5.54 Å². The Labute approximate surface area is 184 Å². The summed E-state index contributed by atoms with van der Waals surface area (Å²) < 4.78 is 0. The van der Waals surface area contributed by atoms with Crippen LogP contribution in [0.5, 0.6) is 0 Å². The lowest BCUT2D eigenvalue weighted by molar-refractivity contribution is -0.156. The highest BCUT2D eigenvalue weighted by molar-refractivity contribution is 5.94. The van der Waals surface area contributed by atoms with Crippen LogP contribution in [-0.2, 0) is 14.4 Å². The number of hydrogen-bond acceptors (Lipinski definition) is 6. The molecule has 4 N–H and O–H groups in total. The van der Waals surface area contributed by atoms with Crippen LogP contribution in [0.1, 0.15) is 41.0 Å². The van der Waals surface area contributed by atoms with Crippen molar-refractivity contribution < 1.29 is 24.6 Å². The van der Waals surface area contributed by atoms with Crippen molar-refractivity contribution in [3.05, 3.63) is 24.8 Å². The second-order valence-corrected chi connectivity index (χ2v) is 9.48. The lowest BCUT2D eigenvalue weighted by Crippen LogP contribution is -2.75. The van der Waals surface area contributed by atoms with Gasteiger partial charge >= 0.3 is 5.97 Å². The van der Waals surface area contributed by atoms with Crippen LogP contribution in [0.25, 0.3) is 0 Å². The molecule has 0 aromatic carbocycles. The van der Waals surface area contributed by atoms with Crippen LogP contribution in [0, 0.1) is 0 Å². The molecule has 2 rings (SSSR count). The van der Waals surface area contributed by atoms with E-state index in [0.717, 1.165) is 0 Å². The van der Waals surface area contributed by atoms with Crippen molar-refractivity contribution in [3.8, 4) is 0 Å². The third-order valence-electron chi connectivity index (χ3n) is 6.14. The fraction of sp³-hybridized carbons (Fsp3) is 0.682. The Bertz CT molecular complexity index is 737. The molecule has 2 amide bonds. The minimum Gasteiger partial charge on any atom is -0.479 e. The molecule has 3 unspecified atom stereocenters. The van der Waals surface area contributed by atoms with Crippen LogP contribution < -0.4 is 10.6 Å². The van der Waals surface area contributed by atoms with Crippen LogP contribution in [0.3, 0.4) is 0 Å². The first-order valence-electron chi connectivity index (χ1n) is 10.7. The average Bonchev–Trinajstić information content (AvgIpc) is 2.58. The van der Waals surface area contributed by atoms with Crippen LogP contribution in [-0.4, -0.2) is 92.7 Å². The van der Waals surface area contributed by atoms with Gasteiger partial charge in [-0.3, -0.25) is 19.4 Å². The lowest BCUT2D eigenvalue weighted by Gasteiger charge is -2.55. The first kappa shape index (κ1) is 25.0. The van der Waals surface area contributed by atoms with Gasteiger partial charge in [-0.05, 0) is 53.2 Å². The van der Waals surface area contributed by atoms with Gasteiger partial charge in [0, 0.05) is 31.7 Å². The van der Waals surface area contributed by atoms with E-state index in [1.807, 2.05) is 25.7 Å². The van der Waals surface area contributed by atoms with Crippen LogP contribution in [0.15, 0.2) is 24.8 Å². The molecular formula is C22H36N4O5. The minimum absolute atomic E-state index is 0.0194. The summed E-state index contributed by atoms with van der Waals surface area (Å²) in [6.07, 6.45) is 4.84. The molecule has 2 saturated heterocycles. The number of carbonyl (C=O) groups is 3. The van der Waals surface area contributed by atoms with Crippen molar-refractivity contribution in [2.24, 2.45) is 0 Å². The Kier molecular flexibility index (Phi) is 7.67. The van der Waals surface area contributed by atoms with Crippen molar-refractivity contribution in [1.82, 2.24) is 20.4 Å². The fourth-order valence-electron chi connectivity index (χ4n) is 4.32. The number of rotatable bonds is 10. The summed E-state index contributed by atoms with van der Waals surface area (Å²) in [5, 5.41) is 25.6. The van der Waals surface area contributed by atoms with Crippen molar-refractivity contribution in [3.63, 3.8) is 0 Å². The molecule has 9 nitrogen and oxygen atoms in total. The maximum absolute atomic E-state index is 12.3. The zero-order valence-electron chi connectivity index (χ0n) is 19.1. The maximum atomic E-state index is 12.3. The molecule has 0 aromatic heterocycles. The normalized spacial score (nSPS) is 24.9. The van der Waals surface area contributed by atoms with Crippen LogP contribution >= 0.6 is 0 Å². The van der Waals surface area contributed by atoms with Crippen molar-refractivity contribution >= 4 is 17.8 Å². The number of likely N-dealkylation sites (tertiary alicyclic amines) is 2. The summed E-state index contributed by atoms with van der Waals surface area (Å²) in [5.41, 5.74) is -2.26. The summed E-state index contributed by atoms with van der Waals surface area (Å²) in [7, 11) is 0. The number of hydrogen-bond donors (Lipinski definition) is 4. The van der Waals surface area contributed by atoms with E-state index in [1.165, 1.54) is 12.2 Å². The van der Waals surface area contributed by atoms with E-state index in [4.69, 9.17) is 0 Å². The molecule has 2 fully saturated rings. The van der Waals surface area contributed by atoms with Gasteiger partial charge in [0.1, 0.15) is 0 Å². The Hall–Kier alpha value is -2.23. The largest absolute Gasteiger partial charge is 0.479 e. The summed E-state index contributed by atoms with van der Waals surface area (Å²) in [6.45, 7) is 14.0. The van der Waals surface area contributed by atoms with Gasteiger partial charge in [-0.25, -0.2) is 4.79 Å². The van der Waals surface area contributed by atoms with Crippen LogP contribution in [0.2, 0.25) is 0 Å². The summed E-state index contributed by atoms with van der Waals surface area (Å²) in [4.78, 5) is 39.7. The van der Waals surface area contributed by atoms with Gasteiger partial charge in [-0.15, -0.1) is 0 Å². The van der Waals surface area contributed by atoms with Gasteiger partial charge in [0.2, 0.25) is 11.8 Å². The van der Waals surface area contributed by atoms with Gasteiger partial charge in [0.25, 0.3) is 0 Å². The van der Waals surface area contributed by atoms with E-state index in [9.17, 15) is 24.6 Å². The summed E-state index contributed by atoms with van der Waals surface area (Å²) in [5.74, 6) is -1.74. The zero-order chi connectivity index (χ0) is 23.6. The number of nitrogens with one attached hydrogen (secondary N) is 2. The maximum Gasteiger partial charge on any atom is 0.332 e. The van der Waals surface area contributed by atoms with E-state index in [2.05, 4.69) is 22.1 Å². The molecule has 31 heavy (non-hydrogen) atoms. The standard InChI is InChI=1S/C22H36N4O5/c1-7-17(27)23-16-11-26(19(16)21(5,6)31)15(4)9-8-10-18(28)24-22(20(29)30)12-25(13-22)14(2)3/h7-8,10,14-16,19,31H,1,9,11-13H2,2-6H3,(H,23,27)(H,24,28)(H,29,30)/b10-8+. The predicted octanol–water partition coefficient (Wildman–Crippen LogP) is 0.111. The number of carbonyl (C=O) groups excluding carboxylic acids is 2. The Morgan fingerprint density at radius 1 is 1.23 bits per heavy atom.